The van der Waals surface area contributed by atoms with Crippen molar-refractivity contribution in [3.05, 3.63) is 53.6 Å². The van der Waals surface area contributed by atoms with Crippen LogP contribution in [0, 0.1) is 24.7 Å². The van der Waals surface area contributed by atoms with Gasteiger partial charge in [0, 0.05) is 18.8 Å². The van der Waals surface area contributed by atoms with Crippen molar-refractivity contribution in [2.45, 2.75) is 53.9 Å². The largest absolute Gasteiger partial charge is 0.466 e. The van der Waals surface area contributed by atoms with Gasteiger partial charge in [0.25, 0.3) is 0 Å². The van der Waals surface area contributed by atoms with Gasteiger partial charge in [-0.3, -0.25) is 4.79 Å². The predicted octanol–water partition coefficient (Wildman–Crippen LogP) is 6.42. The van der Waals surface area contributed by atoms with Crippen molar-refractivity contribution in [1.82, 2.24) is 0 Å². The molecule has 2 unspecified atom stereocenters. The van der Waals surface area contributed by atoms with E-state index in [0.29, 0.717) is 18.4 Å². The summed E-state index contributed by atoms with van der Waals surface area (Å²) in [4.78, 5) is 27.5. The first-order chi connectivity index (χ1) is 16.2. The van der Waals surface area contributed by atoms with Crippen molar-refractivity contribution in [1.29, 1.82) is 0 Å². The monoisotopic (exact) mass is 465 g/mol. The summed E-state index contributed by atoms with van der Waals surface area (Å²) in [6, 6.07) is 13.6. The van der Waals surface area contributed by atoms with Crippen LogP contribution >= 0.6 is 0 Å². The highest BCUT2D eigenvalue weighted by Gasteiger charge is 2.45. The van der Waals surface area contributed by atoms with Crippen LogP contribution in [0.2, 0.25) is 0 Å². The fourth-order valence-corrected chi connectivity index (χ4v) is 4.31. The Morgan fingerprint density at radius 1 is 1.00 bits per heavy atom. The molecule has 0 radical (unpaired) electrons. The lowest BCUT2D eigenvalue weighted by atomic mass is 10.0. The van der Waals surface area contributed by atoms with Crippen LogP contribution in [0.4, 0.5) is 21.9 Å². The molecule has 1 fully saturated rings. The fourth-order valence-electron chi connectivity index (χ4n) is 4.31. The molecule has 1 saturated carbocycles. The summed E-state index contributed by atoms with van der Waals surface area (Å²) in [6.45, 7) is 14.8. The van der Waals surface area contributed by atoms with Gasteiger partial charge in [-0.1, -0.05) is 51.5 Å². The first-order valence-electron chi connectivity index (χ1n) is 12.4. The molecule has 0 heterocycles. The number of aryl methyl sites for hydroxylation is 1. The van der Waals surface area contributed by atoms with Gasteiger partial charge in [0.15, 0.2) is 0 Å². The molecule has 1 aliphatic carbocycles. The molecule has 1 aliphatic rings. The number of ether oxygens (including phenoxy) is 1. The van der Waals surface area contributed by atoms with Crippen molar-refractivity contribution in [3.8, 4) is 0 Å². The van der Waals surface area contributed by atoms with E-state index in [0.717, 1.165) is 47.7 Å². The van der Waals surface area contributed by atoms with Gasteiger partial charge in [-0.05, 0) is 67.9 Å². The number of hydrogen-bond acceptors (Lipinski definition) is 4. The van der Waals surface area contributed by atoms with E-state index in [9.17, 15) is 9.59 Å². The zero-order valence-electron chi connectivity index (χ0n) is 21.4. The van der Waals surface area contributed by atoms with E-state index < -0.39 is 0 Å². The summed E-state index contributed by atoms with van der Waals surface area (Å²) in [7, 11) is 0. The molecule has 2 amide bonds. The number of rotatable bonds is 10. The van der Waals surface area contributed by atoms with E-state index in [1.807, 2.05) is 44.2 Å². The van der Waals surface area contributed by atoms with Gasteiger partial charge in [0.2, 0.25) is 0 Å². The molecule has 2 aromatic rings. The third-order valence-corrected chi connectivity index (χ3v) is 5.90. The summed E-state index contributed by atoms with van der Waals surface area (Å²) in [6.07, 6.45) is 0.787. The number of benzene rings is 2. The summed E-state index contributed by atoms with van der Waals surface area (Å²) in [5.41, 5.74) is 4.70. The van der Waals surface area contributed by atoms with Gasteiger partial charge in [-0.15, -0.1) is 0 Å². The molecule has 0 spiro atoms. The molecule has 6 nitrogen and oxygen atoms in total. The summed E-state index contributed by atoms with van der Waals surface area (Å²) < 4.78 is 5.21. The Balaban J connectivity index is 1.87. The second kappa shape index (κ2) is 11.4. The van der Waals surface area contributed by atoms with Gasteiger partial charge in [0.1, 0.15) is 0 Å². The van der Waals surface area contributed by atoms with Gasteiger partial charge in [-0.25, -0.2) is 4.79 Å². The fraction of sp³-hybridized carbons (Fsp3) is 0.500. The average molecular weight is 466 g/mol. The Morgan fingerprint density at radius 3 is 2.24 bits per heavy atom. The first-order valence-corrected chi connectivity index (χ1v) is 12.4. The third kappa shape index (κ3) is 6.99. The molecule has 6 heteroatoms. The number of carbonyl (C=O) groups excluding carboxylic acids is 2. The van der Waals surface area contributed by atoms with E-state index >= 15 is 0 Å². The molecule has 2 atom stereocenters. The minimum Gasteiger partial charge on any atom is -0.466 e. The number of hydrogen-bond donors (Lipinski definition) is 2. The average Bonchev–Trinajstić information content (AvgIpc) is 3.55. The van der Waals surface area contributed by atoms with Crippen molar-refractivity contribution >= 4 is 29.1 Å². The number of nitrogens with zero attached hydrogens (tertiary/aromatic N) is 1. The maximum atomic E-state index is 12.9. The van der Waals surface area contributed by atoms with Crippen LogP contribution in [0.1, 0.15) is 58.1 Å². The van der Waals surface area contributed by atoms with Crippen LogP contribution < -0.4 is 15.5 Å². The van der Waals surface area contributed by atoms with Crippen LogP contribution in [0.3, 0.4) is 0 Å². The Morgan fingerprint density at radius 2 is 1.65 bits per heavy atom. The van der Waals surface area contributed by atoms with Gasteiger partial charge in [0.05, 0.1) is 23.9 Å². The molecule has 2 N–H and O–H groups in total. The van der Waals surface area contributed by atoms with Crippen LogP contribution in [-0.2, 0) is 9.53 Å². The predicted molar refractivity (Wildman–Crippen MR) is 140 cm³/mol. The van der Waals surface area contributed by atoms with Crippen molar-refractivity contribution in [2.75, 3.05) is 35.2 Å². The maximum Gasteiger partial charge on any atom is 0.323 e. The number of nitrogens with one attached hydrogen (secondary N) is 2. The molecule has 0 saturated heterocycles. The Bertz CT molecular complexity index is 975. The normalized spacial score (nSPS) is 16.9. The minimum absolute atomic E-state index is 0.0949. The lowest BCUT2D eigenvalue weighted by Crippen LogP contribution is -2.32. The SMILES string of the molecule is CCOC(=O)C1CC1c1ccc(N(CC(C)C)CC(C)C)c(NC(=O)Nc2ccc(C)cc2)c1. The van der Waals surface area contributed by atoms with E-state index in [1.54, 1.807) is 0 Å². The van der Waals surface area contributed by atoms with Gasteiger partial charge < -0.3 is 20.3 Å². The molecule has 34 heavy (non-hydrogen) atoms. The molecule has 0 aromatic heterocycles. The smallest absolute Gasteiger partial charge is 0.323 e. The van der Waals surface area contributed by atoms with Crippen molar-refractivity contribution in [2.24, 2.45) is 17.8 Å². The molecule has 0 aliphatic heterocycles. The Hall–Kier alpha value is -3.02. The molecular formula is C28H39N3O3. The highest BCUT2D eigenvalue weighted by Crippen LogP contribution is 2.49. The highest BCUT2D eigenvalue weighted by atomic mass is 16.5. The number of carbonyl (C=O) groups is 2. The quantitative estimate of drug-likeness (QED) is 0.397. The van der Waals surface area contributed by atoms with E-state index in [1.165, 1.54) is 0 Å². The molecule has 184 valence electrons. The Labute approximate surface area is 204 Å². The molecular weight excluding hydrogens is 426 g/mol. The number of anilines is 3. The van der Waals surface area contributed by atoms with Crippen molar-refractivity contribution < 1.29 is 14.3 Å². The van der Waals surface area contributed by atoms with Crippen LogP contribution in [0.25, 0.3) is 0 Å². The standard InChI is InChI=1S/C28H39N3O3/c1-7-34-27(32)24-15-23(24)21-10-13-26(31(16-18(2)3)17-19(4)5)25(14-21)30-28(33)29-22-11-8-20(6)9-12-22/h8-14,18-19,23-24H,7,15-17H2,1-6H3,(H2,29,30,33). The van der Waals surface area contributed by atoms with E-state index in [-0.39, 0.29) is 23.8 Å². The molecule has 2 aromatic carbocycles. The number of urea groups is 1. The lowest BCUT2D eigenvalue weighted by Gasteiger charge is -2.30. The van der Waals surface area contributed by atoms with Crippen molar-refractivity contribution in [3.63, 3.8) is 0 Å². The van der Waals surface area contributed by atoms with Crippen LogP contribution in [-0.4, -0.2) is 31.7 Å². The van der Waals surface area contributed by atoms with Gasteiger partial charge >= 0.3 is 12.0 Å². The maximum absolute atomic E-state index is 12.9. The summed E-state index contributed by atoms with van der Waals surface area (Å²) in [5, 5.41) is 6.02. The summed E-state index contributed by atoms with van der Waals surface area (Å²) in [5.74, 6) is 0.859. The Kier molecular flexibility index (Phi) is 8.59. The number of esters is 1. The lowest BCUT2D eigenvalue weighted by molar-refractivity contribution is -0.144. The summed E-state index contributed by atoms with van der Waals surface area (Å²) >= 11 is 0. The molecule has 0 bridgehead atoms. The zero-order chi connectivity index (χ0) is 24.8. The topological polar surface area (TPSA) is 70.7 Å². The molecule has 3 rings (SSSR count). The van der Waals surface area contributed by atoms with E-state index in [2.05, 4.69) is 55.4 Å². The van der Waals surface area contributed by atoms with E-state index in [4.69, 9.17) is 4.74 Å². The second-order valence-corrected chi connectivity index (χ2v) is 10.1. The first kappa shape index (κ1) is 25.6. The zero-order valence-corrected chi connectivity index (χ0v) is 21.4. The van der Waals surface area contributed by atoms with Gasteiger partial charge in [-0.2, -0.15) is 0 Å². The minimum atomic E-state index is -0.283. The number of amides is 2. The highest BCUT2D eigenvalue weighted by molar-refractivity contribution is 6.02. The van der Waals surface area contributed by atoms with Crippen LogP contribution in [0.15, 0.2) is 42.5 Å². The third-order valence-electron chi connectivity index (χ3n) is 5.90. The van der Waals surface area contributed by atoms with Crippen LogP contribution in [0.5, 0.6) is 0 Å². The second-order valence-electron chi connectivity index (χ2n) is 10.1.